The van der Waals surface area contributed by atoms with E-state index in [1.807, 2.05) is 0 Å². The van der Waals surface area contributed by atoms with E-state index in [2.05, 4.69) is 48.6 Å². The van der Waals surface area contributed by atoms with Crippen LogP contribution in [0, 0.1) is 0 Å². The fourth-order valence-corrected chi connectivity index (χ4v) is 6.34. The second-order valence-electron chi connectivity index (χ2n) is 7.04. The smallest absolute Gasteiger partial charge is 0.315 e. The summed E-state index contributed by atoms with van der Waals surface area (Å²) in [5.74, 6) is -0.804. The Bertz CT molecular complexity index is 326. The van der Waals surface area contributed by atoms with Crippen LogP contribution in [-0.4, -0.2) is 57.8 Å². The van der Waals surface area contributed by atoms with Gasteiger partial charge in [-0.05, 0) is 0 Å². The number of hydrogen-bond acceptors (Lipinski definition) is 6. The fraction of sp³-hybridized carbons (Fsp3) is 0.909. The Hall–Kier alpha value is 0.439. The molecule has 0 bridgehead atoms. The van der Waals surface area contributed by atoms with Crippen molar-refractivity contribution in [3.63, 3.8) is 0 Å². The van der Waals surface area contributed by atoms with Crippen molar-refractivity contribution < 1.29 is 19.1 Å². The van der Waals surface area contributed by atoms with Gasteiger partial charge in [0.25, 0.3) is 0 Å². The van der Waals surface area contributed by atoms with Crippen LogP contribution >= 0.6 is 25.3 Å². The number of esters is 2. The van der Waals surface area contributed by atoms with Crippen LogP contribution in [0.5, 0.6) is 0 Å². The van der Waals surface area contributed by atoms with Gasteiger partial charge in [0.2, 0.25) is 0 Å². The third-order valence-electron chi connectivity index (χ3n) is 4.28. The van der Waals surface area contributed by atoms with E-state index in [1.165, 1.54) is 64.2 Å². The molecule has 0 saturated heterocycles. The number of hydrogen-bond donors (Lipinski definition) is 2. The van der Waals surface area contributed by atoms with Crippen LogP contribution in [0.15, 0.2) is 0 Å². The monoisotopic (exact) mass is 556 g/mol. The Morgan fingerprint density at radius 2 is 0.966 bits per heavy atom. The minimum Gasteiger partial charge on any atom is -0.461 e. The number of thiol groups is 2. The molecule has 0 N–H and O–H groups in total. The minimum absolute atomic E-state index is 0.0283. The van der Waals surface area contributed by atoms with Gasteiger partial charge in [0, 0.05) is 0 Å². The molecular formula is C22H44O4S2Sn. The summed E-state index contributed by atoms with van der Waals surface area (Å²) in [7, 11) is 0. The Labute approximate surface area is 201 Å². The summed E-state index contributed by atoms with van der Waals surface area (Å²) in [5, 5.41) is 0. The third kappa shape index (κ3) is 30.7. The quantitative estimate of drug-likeness (QED) is 0.0866. The van der Waals surface area contributed by atoms with Crippen LogP contribution in [0.4, 0.5) is 0 Å². The molecule has 0 amide bonds. The van der Waals surface area contributed by atoms with Crippen molar-refractivity contribution in [2.24, 2.45) is 0 Å². The standard InChI is InChI=1S/2C8H17.C6H10O4S2.Sn/c2*1-3-5-7-8-6-4-2;7-5(3-11)9-1-2-10-6(8)4-12;/h2*1,3-8H2,2H3;11-12H,1-4H2;. The van der Waals surface area contributed by atoms with Gasteiger partial charge in [-0.25, -0.2) is 0 Å². The van der Waals surface area contributed by atoms with Gasteiger partial charge in [-0.2, -0.15) is 25.3 Å². The summed E-state index contributed by atoms with van der Waals surface area (Å²) in [6, 6.07) is 0. The second-order valence-corrected chi connectivity index (χ2v) is 12.0. The largest absolute Gasteiger partial charge is 0.461 e. The molecule has 29 heavy (non-hydrogen) atoms. The van der Waals surface area contributed by atoms with E-state index in [4.69, 9.17) is 0 Å². The normalized spacial score (nSPS) is 10.2. The maximum atomic E-state index is 10.5. The predicted octanol–water partition coefficient (Wildman–Crippen LogP) is 6.18. The van der Waals surface area contributed by atoms with Crippen molar-refractivity contribution in [3.8, 4) is 0 Å². The number of rotatable bonds is 19. The Kier molecular flexibility index (Phi) is 31.0. The average Bonchev–Trinajstić information content (AvgIpc) is 2.74. The molecule has 0 aliphatic carbocycles. The zero-order valence-electron chi connectivity index (χ0n) is 18.8. The van der Waals surface area contributed by atoms with Gasteiger partial charge in [-0.3, -0.25) is 9.59 Å². The number of unbranched alkanes of at least 4 members (excludes halogenated alkanes) is 10. The van der Waals surface area contributed by atoms with Crippen LogP contribution < -0.4 is 0 Å². The molecule has 0 fully saturated rings. The summed E-state index contributed by atoms with van der Waals surface area (Å²) in [6.07, 6.45) is 17.8. The van der Waals surface area contributed by atoms with E-state index in [1.54, 1.807) is 21.7 Å². The van der Waals surface area contributed by atoms with Gasteiger partial charge < -0.3 is 9.47 Å². The predicted molar refractivity (Wildman–Crippen MR) is 132 cm³/mol. The molecule has 0 unspecified atom stereocenters. The van der Waals surface area contributed by atoms with E-state index < -0.39 is 11.9 Å². The van der Waals surface area contributed by atoms with Gasteiger partial charge in [-0.15, -0.1) is 0 Å². The summed E-state index contributed by atoms with van der Waals surface area (Å²) in [4.78, 5) is 20.9. The van der Waals surface area contributed by atoms with E-state index >= 15 is 0 Å². The Morgan fingerprint density at radius 3 is 1.31 bits per heavy atom. The molecule has 0 aliphatic rings. The van der Waals surface area contributed by atoms with E-state index in [9.17, 15) is 9.59 Å². The zero-order chi connectivity index (χ0) is 22.0. The molecule has 0 saturated carbocycles. The summed E-state index contributed by atoms with van der Waals surface area (Å²) >= 11 is 7.44. The Morgan fingerprint density at radius 1 is 0.621 bits per heavy atom. The molecule has 0 spiro atoms. The molecule has 0 aromatic carbocycles. The molecule has 0 rings (SSSR count). The first-order chi connectivity index (χ1) is 14.1. The molecular weight excluding hydrogens is 511 g/mol. The average molecular weight is 555 g/mol. The van der Waals surface area contributed by atoms with Gasteiger partial charge >= 0.3 is 133 Å². The van der Waals surface area contributed by atoms with Gasteiger partial charge in [-0.1, -0.05) is 0 Å². The van der Waals surface area contributed by atoms with Crippen molar-refractivity contribution in [1.82, 2.24) is 0 Å². The van der Waals surface area contributed by atoms with Crippen molar-refractivity contribution in [2.45, 2.75) is 99.8 Å². The molecule has 0 heterocycles. The minimum atomic E-state index is -0.430. The Balaban J connectivity index is 0. The number of ether oxygens (including phenoxy) is 2. The number of carbonyl (C=O) groups is 2. The maximum absolute atomic E-state index is 10.5. The van der Waals surface area contributed by atoms with Crippen LogP contribution in [0.25, 0.3) is 0 Å². The SMILES string of the molecule is CCCCCCC[CH2][Sn][CH2]CCCCCCC.O=C(CS)OCCOC(=O)CS. The molecule has 0 aromatic heterocycles. The van der Waals surface area contributed by atoms with Gasteiger partial charge in [0.1, 0.15) is 13.2 Å². The zero-order valence-corrected chi connectivity index (χ0v) is 23.4. The van der Waals surface area contributed by atoms with E-state index in [0.717, 1.165) is 0 Å². The van der Waals surface area contributed by atoms with Gasteiger partial charge in [0.15, 0.2) is 0 Å². The number of carbonyl (C=O) groups excluding carboxylic acids is 2. The van der Waals surface area contributed by atoms with Crippen molar-refractivity contribution in [3.05, 3.63) is 0 Å². The summed E-state index contributed by atoms with van der Waals surface area (Å²) in [6.45, 7) is 4.74. The first-order valence-electron chi connectivity index (χ1n) is 11.4. The summed E-state index contributed by atoms with van der Waals surface area (Å²) in [5.41, 5.74) is 0. The first-order valence-corrected chi connectivity index (χ1v) is 16.7. The second kappa shape index (κ2) is 28.4. The maximum Gasteiger partial charge on any atom is 0.315 e. The van der Waals surface area contributed by atoms with Crippen LogP contribution in [-0.2, 0) is 19.1 Å². The van der Waals surface area contributed by atoms with Gasteiger partial charge in [0.05, 0.1) is 11.5 Å². The molecule has 2 radical (unpaired) electrons. The van der Waals surface area contributed by atoms with E-state index in [0.29, 0.717) is 0 Å². The van der Waals surface area contributed by atoms with Crippen LogP contribution in [0.3, 0.4) is 0 Å². The molecule has 0 aliphatic heterocycles. The topological polar surface area (TPSA) is 52.6 Å². The van der Waals surface area contributed by atoms with Crippen LogP contribution in [0.1, 0.15) is 90.9 Å². The van der Waals surface area contributed by atoms with Crippen molar-refractivity contribution in [1.29, 1.82) is 0 Å². The third-order valence-corrected chi connectivity index (χ3v) is 8.83. The van der Waals surface area contributed by atoms with E-state index in [-0.39, 0.29) is 45.9 Å². The van der Waals surface area contributed by atoms with Crippen molar-refractivity contribution >= 4 is 58.3 Å². The molecule has 0 atom stereocenters. The molecule has 0 aromatic rings. The molecule has 172 valence electrons. The summed E-state index contributed by atoms with van der Waals surface area (Å²) < 4.78 is 12.5. The first kappa shape index (κ1) is 31.6. The fourth-order valence-electron chi connectivity index (χ4n) is 2.59. The molecule has 4 nitrogen and oxygen atoms in total. The van der Waals surface area contributed by atoms with Crippen molar-refractivity contribution in [2.75, 3.05) is 24.7 Å². The molecule has 7 heteroatoms. The van der Waals surface area contributed by atoms with Crippen LogP contribution in [0.2, 0.25) is 8.87 Å².